The first-order valence-corrected chi connectivity index (χ1v) is 4.77. The molecule has 0 amide bonds. The Morgan fingerprint density at radius 1 is 1.53 bits per heavy atom. The van der Waals surface area contributed by atoms with Crippen molar-refractivity contribution in [3.8, 4) is 5.75 Å². The SMILES string of the molecule is CCOc1cccc(C=CCN=[N+]=[N-])c1. The van der Waals surface area contributed by atoms with E-state index in [9.17, 15) is 0 Å². The van der Waals surface area contributed by atoms with Crippen LogP contribution in [-0.4, -0.2) is 13.2 Å². The predicted octanol–water partition coefficient (Wildman–Crippen LogP) is 3.41. The van der Waals surface area contributed by atoms with Crippen LogP contribution in [0, 0.1) is 0 Å². The van der Waals surface area contributed by atoms with Crippen molar-refractivity contribution in [1.29, 1.82) is 0 Å². The highest BCUT2D eigenvalue weighted by Crippen LogP contribution is 2.14. The maximum atomic E-state index is 8.08. The summed E-state index contributed by atoms with van der Waals surface area (Å²) in [7, 11) is 0. The zero-order valence-corrected chi connectivity index (χ0v) is 8.63. The lowest BCUT2D eigenvalue weighted by atomic mass is 10.2. The summed E-state index contributed by atoms with van der Waals surface area (Å²) >= 11 is 0. The largest absolute Gasteiger partial charge is 0.494 e. The van der Waals surface area contributed by atoms with Gasteiger partial charge in [0.05, 0.1) is 6.61 Å². The number of nitrogens with zero attached hydrogens (tertiary/aromatic N) is 3. The van der Waals surface area contributed by atoms with Gasteiger partial charge in [-0.15, -0.1) is 0 Å². The molecule has 0 heterocycles. The van der Waals surface area contributed by atoms with Crippen LogP contribution in [0.1, 0.15) is 12.5 Å². The lowest BCUT2D eigenvalue weighted by Gasteiger charge is -2.02. The molecular weight excluding hydrogens is 190 g/mol. The maximum absolute atomic E-state index is 8.08. The highest BCUT2D eigenvalue weighted by atomic mass is 16.5. The van der Waals surface area contributed by atoms with Crippen LogP contribution in [0.2, 0.25) is 0 Å². The first kappa shape index (κ1) is 11.1. The Balaban J connectivity index is 2.64. The highest BCUT2D eigenvalue weighted by Gasteiger charge is 1.91. The summed E-state index contributed by atoms with van der Waals surface area (Å²) in [6.07, 6.45) is 3.71. The zero-order valence-electron chi connectivity index (χ0n) is 8.63. The minimum atomic E-state index is 0.370. The third kappa shape index (κ3) is 4.20. The number of ether oxygens (including phenoxy) is 1. The molecule has 4 nitrogen and oxygen atoms in total. The summed E-state index contributed by atoms with van der Waals surface area (Å²) in [4.78, 5) is 2.66. The molecule has 0 aliphatic rings. The van der Waals surface area contributed by atoms with Crippen LogP contribution in [0.15, 0.2) is 35.5 Å². The second kappa shape index (κ2) is 6.51. The molecule has 0 aliphatic carbocycles. The lowest BCUT2D eigenvalue weighted by Crippen LogP contribution is -1.90. The van der Waals surface area contributed by atoms with Gasteiger partial charge in [-0.25, -0.2) is 0 Å². The van der Waals surface area contributed by atoms with Gasteiger partial charge in [0.1, 0.15) is 5.75 Å². The molecule has 0 aliphatic heterocycles. The van der Waals surface area contributed by atoms with Crippen molar-refractivity contribution < 1.29 is 4.74 Å². The molecule has 4 heteroatoms. The molecule has 0 saturated carbocycles. The third-order valence-electron chi connectivity index (χ3n) is 1.73. The smallest absolute Gasteiger partial charge is 0.119 e. The first-order valence-electron chi connectivity index (χ1n) is 4.77. The second-order valence-electron chi connectivity index (χ2n) is 2.82. The summed E-state index contributed by atoms with van der Waals surface area (Å²) in [5, 5.41) is 3.41. The third-order valence-corrected chi connectivity index (χ3v) is 1.73. The minimum absolute atomic E-state index is 0.370. The molecule has 0 atom stereocenters. The van der Waals surface area contributed by atoms with E-state index in [0.29, 0.717) is 13.2 Å². The van der Waals surface area contributed by atoms with E-state index < -0.39 is 0 Å². The fourth-order valence-electron chi connectivity index (χ4n) is 1.15. The topological polar surface area (TPSA) is 58.0 Å². The normalized spacial score (nSPS) is 9.93. The van der Waals surface area contributed by atoms with Gasteiger partial charge in [0.15, 0.2) is 0 Å². The van der Waals surface area contributed by atoms with Crippen molar-refractivity contribution in [1.82, 2.24) is 0 Å². The van der Waals surface area contributed by atoms with Crippen LogP contribution >= 0.6 is 0 Å². The van der Waals surface area contributed by atoms with E-state index in [0.717, 1.165) is 11.3 Å². The van der Waals surface area contributed by atoms with Crippen molar-refractivity contribution in [3.05, 3.63) is 46.3 Å². The molecule has 1 aromatic rings. The minimum Gasteiger partial charge on any atom is -0.494 e. The average molecular weight is 203 g/mol. The zero-order chi connectivity index (χ0) is 10.9. The summed E-state index contributed by atoms with van der Waals surface area (Å²) in [5.41, 5.74) is 9.12. The molecule has 1 aromatic carbocycles. The van der Waals surface area contributed by atoms with E-state index in [1.165, 1.54) is 0 Å². The van der Waals surface area contributed by atoms with Gasteiger partial charge in [0.25, 0.3) is 0 Å². The molecule has 0 unspecified atom stereocenters. The fourth-order valence-corrected chi connectivity index (χ4v) is 1.15. The van der Waals surface area contributed by atoms with E-state index >= 15 is 0 Å². The predicted molar refractivity (Wildman–Crippen MR) is 60.7 cm³/mol. The lowest BCUT2D eigenvalue weighted by molar-refractivity contribution is 0.340. The number of benzene rings is 1. The number of azide groups is 1. The van der Waals surface area contributed by atoms with Gasteiger partial charge in [-0.05, 0) is 30.2 Å². The van der Waals surface area contributed by atoms with Gasteiger partial charge in [-0.2, -0.15) is 0 Å². The van der Waals surface area contributed by atoms with Crippen LogP contribution in [0.5, 0.6) is 5.75 Å². The van der Waals surface area contributed by atoms with Gasteiger partial charge < -0.3 is 4.74 Å². The van der Waals surface area contributed by atoms with Crippen molar-refractivity contribution in [2.75, 3.05) is 13.2 Å². The average Bonchev–Trinajstić information content (AvgIpc) is 2.26. The molecule has 15 heavy (non-hydrogen) atoms. The Hall–Kier alpha value is -1.93. The quantitative estimate of drug-likeness (QED) is 0.411. The molecule has 0 spiro atoms. The van der Waals surface area contributed by atoms with Crippen LogP contribution < -0.4 is 4.74 Å². The fraction of sp³-hybridized carbons (Fsp3) is 0.273. The number of rotatable bonds is 5. The highest BCUT2D eigenvalue weighted by molar-refractivity contribution is 5.51. The molecule has 0 N–H and O–H groups in total. The van der Waals surface area contributed by atoms with Crippen LogP contribution in [0.25, 0.3) is 16.5 Å². The van der Waals surface area contributed by atoms with Gasteiger partial charge in [-0.1, -0.05) is 29.4 Å². The Labute approximate surface area is 88.8 Å². The molecule has 0 saturated heterocycles. The standard InChI is InChI=1S/C11H13N3O/c1-2-15-11-7-3-5-10(9-11)6-4-8-13-14-12/h3-7,9H,2,8H2,1H3. The van der Waals surface area contributed by atoms with Crippen molar-refractivity contribution in [3.63, 3.8) is 0 Å². The van der Waals surface area contributed by atoms with Crippen molar-refractivity contribution in [2.24, 2.45) is 5.11 Å². The van der Waals surface area contributed by atoms with E-state index in [2.05, 4.69) is 10.0 Å². The van der Waals surface area contributed by atoms with Crippen LogP contribution in [0.4, 0.5) is 0 Å². The summed E-state index contributed by atoms with van der Waals surface area (Å²) in [5.74, 6) is 0.850. The molecule has 0 bridgehead atoms. The van der Waals surface area contributed by atoms with Gasteiger partial charge in [0, 0.05) is 11.5 Å². The molecule has 0 aromatic heterocycles. The molecule has 1 rings (SSSR count). The number of hydrogen-bond donors (Lipinski definition) is 0. The summed E-state index contributed by atoms with van der Waals surface area (Å²) in [6.45, 7) is 2.98. The Bertz CT molecular complexity index is 381. The Morgan fingerprint density at radius 2 is 2.40 bits per heavy atom. The molecule has 0 fully saturated rings. The van der Waals surface area contributed by atoms with E-state index in [1.807, 2.05) is 43.3 Å². The van der Waals surface area contributed by atoms with Gasteiger partial charge >= 0.3 is 0 Å². The van der Waals surface area contributed by atoms with E-state index in [4.69, 9.17) is 10.3 Å². The maximum Gasteiger partial charge on any atom is 0.119 e. The monoisotopic (exact) mass is 203 g/mol. The van der Waals surface area contributed by atoms with Crippen molar-refractivity contribution >= 4 is 6.08 Å². The van der Waals surface area contributed by atoms with E-state index in [1.54, 1.807) is 0 Å². The molecule has 0 radical (unpaired) electrons. The second-order valence-corrected chi connectivity index (χ2v) is 2.82. The van der Waals surface area contributed by atoms with Gasteiger partial charge in [0.2, 0.25) is 0 Å². The molecule has 78 valence electrons. The Morgan fingerprint density at radius 3 is 3.13 bits per heavy atom. The summed E-state index contributed by atoms with van der Waals surface area (Å²) < 4.78 is 5.36. The van der Waals surface area contributed by atoms with Crippen LogP contribution in [0.3, 0.4) is 0 Å². The van der Waals surface area contributed by atoms with E-state index in [-0.39, 0.29) is 0 Å². The van der Waals surface area contributed by atoms with Gasteiger partial charge in [-0.3, -0.25) is 0 Å². The number of hydrogen-bond acceptors (Lipinski definition) is 2. The first-order chi connectivity index (χ1) is 7.36. The Kier molecular flexibility index (Phi) is 4.84. The van der Waals surface area contributed by atoms with Crippen LogP contribution in [-0.2, 0) is 0 Å². The van der Waals surface area contributed by atoms with Crippen molar-refractivity contribution in [2.45, 2.75) is 6.92 Å². The summed E-state index contributed by atoms with van der Waals surface area (Å²) in [6, 6.07) is 7.75. The molecular formula is C11H13N3O.